The first-order valence-corrected chi connectivity index (χ1v) is 13.4. The molecule has 0 bridgehead atoms. The molecule has 0 spiro atoms. The normalized spacial score (nSPS) is 22.7. The molecule has 32 heavy (non-hydrogen) atoms. The number of nitrogens with zero attached hydrogens (tertiary/aromatic N) is 2. The van der Waals surface area contributed by atoms with Crippen molar-refractivity contribution in [3.63, 3.8) is 0 Å². The van der Waals surface area contributed by atoms with E-state index in [-0.39, 0.29) is 0 Å². The van der Waals surface area contributed by atoms with Crippen molar-refractivity contribution >= 4 is 39.9 Å². The zero-order valence-electron chi connectivity index (χ0n) is 19.8. The van der Waals surface area contributed by atoms with Crippen LogP contribution in [0.2, 0.25) is 0 Å². The molecule has 5 nitrogen and oxygen atoms in total. The van der Waals surface area contributed by atoms with Crippen LogP contribution in [0.1, 0.15) is 59.3 Å². The molecule has 1 atom stereocenters. The average molecular weight is 475 g/mol. The van der Waals surface area contributed by atoms with Crippen LogP contribution in [-0.2, 0) is 0 Å². The van der Waals surface area contributed by atoms with Crippen molar-refractivity contribution in [2.45, 2.75) is 59.3 Å². The zero-order chi connectivity index (χ0) is 23.0. The largest absolute Gasteiger partial charge is 0.492 e. The van der Waals surface area contributed by atoms with Crippen molar-refractivity contribution in [1.82, 2.24) is 4.90 Å². The molecule has 1 aromatic rings. The maximum Gasteiger partial charge on any atom is 0.199 e. The molecule has 2 fully saturated rings. The summed E-state index contributed by atoms with van der Waals surface area (Å²) in [7, 11) is 0. The molecule has 1 saturated heterocycles. The smallest absolute Gasteiger partial charge is 0.199 e. The Balaban J connectivity index is 0.00000141. The third-order valence-corrected chi connectivity index (χ3v) is 7.72. The molecular formula is C25H38N4OS2. The summed E-state index contributed by atoms with van der Waals surface area (Å²) in [5.74, 6) is 1.89. The standard InChI is InChI=1S/C23H32N4OS2.C2H6/c1-17-5-4-10-23(15-20(17)23)16-30-21(24)26-22(29)25-18-6-8-19(9-7-18)28-14-13-27-11-2-3-12-27;1-2/h6-9H,2-5,10-16H2,1H3,(H3,24,25,26,29);1-2H3/t23-;/m1./s1. The summed E-state index contributed by atoms with van der Waals surface area (Å²) in [6.07, 6.45) is 7.71. The molecule has 7 heteroatoms. The topological polar surface area (TPSA) is 62.9 Å². The summed E-state index contributed by atoms with van der Waals surface area (Å²) in [5.41, 5.74) is 10.7. The fourth-order valence-corrected chi connectivity index (χ4v) is 5.89. The second-order valence-corrected chi connectivity index (χ2v) is 10.0. The van der Waals surface area contributed by atoms with E-state index in [4.69, 9.17) is 22.7 Å². The Bertz CT molecular complexity index is 831. The van der Waals surface area contributed by atoms with Gasteiger partial charge in [0.2, 0.25) is 0 Å². The lowest BCUT2D eigenvalue weighted by Gasteiger charge is -2.19. The van der Waals surface area contributed by atoms with E-state index in [1.165, 1.54) is 51.6 Å². The molecule has 0 radical (unpaired) electrons. The van der Waals surface area contributed by atoms with Gasteiger partial charge in [0.05, 0.1) is 0 Å². The number of thiocarbonyl (C=S) groups is 1. The monoisotopic (exact) mass is 474 g/mol. The highest BCUT2D eigenvalue weighted by molar-refractivity contribution is 8.13. The number of fused-ring (bicyclic) bond motifs is 1. The van der Waals surface area contributed by atoms with Gasteiger partial charge in [0.1, 0.15) is 12.4 Å². The fraction of sp³-hybridized carbons (Fsp3) is 0.600. The van der Waals surface area contributed by atoms with Crippen LogP contribution in [0.25, 0.3) is 0 Å². The molecular weight excluding hydrogens is 436 g/mol. The minimum Gasteiger partial charge on any atom is -0.492 e. The number of allylic oxidation sites excluding steroid dienone is 2. The van der Waals surface area contributed by atoms with E-state index in [2.05, 4.69) is 22.1 Å². The molecule has 1 aromatic carbocycles. The van der Waals surface area contributed by atoms with Crippen LogP contribution in [0.5, 0.6) is 5.75 Å². The molecule has 1 saturated carbocycles. The Kier molecular flexibility index (Phi) is 9.44. The molecule has 1 heterocycles. The van der Waals surface area contributed by atoms with Crippen molar-refractivity contribution in [1.29, 1.82) is 0 Å². The van der Waals surface area contributed by atoms with Gasteiger partial charge in [-0.25, -0.2) is 0 Å². The molecule has 4 rings (SSSR count). The van der Waals surface area contributed by atoms with Gasteiger partial charge in [-0.3, -0.25) is 4.90 Å². The van der Waals surface area contributed by atoms with E-state index in [9.17, 15) is 0 Å². The van der Waals surface area contributed by atoms with Crippen molar-refractivity contribution in [2.75, 3.05) is 37.3 Å². The van der Waals surface area contributed by atoms with Crippen molar-refractivity contribution in [3.8, 4) is 5.75 Å². The summed E-state index contributed by atoms with van der Waals surface area (Å²) in [4.78, 5) is 6.81. The number of rotatable bonds is 7. The highest BCUT2D eigenvalue weighted by Gasteiger charge is 2.50. The molecule has 1 aliphatic heterocycles. The minimum absolute atomic E-state index is 0.395. The first-order valence-electron chi connectivity index (χ1n) is 12.0. The highest BCUT2D eigenvalue weighted by atomic mass is 32.2. The number of likely N-dealkylation sites (tertiary alicyclic amines) is 1. The number of amidine groups is 1. The van der Waals surface area contributed by atoms with Crippen LogP contribution in [-0.4, -0.2) is 47.2 Å². The summed E-state index contributed by atoms with van der Waals surface area (Å²) >= 11 is 6.99. The van der Waals surface area contributed by atoms with Crippen molar-refractivity contribution in [2.24, 2.45) is 16.1 Å². The average Bonchev–Trinajstić information content (AvgIpc) is 3.32. The van der Waals surface area contributed by atoms with Crippen LogP contribution in [0.4, 0.5) is 5.69 Å². The van der Waals surface area contributed by atoms with E-state index < -0.39 is 0 Å². The quantitative estimate of drug-likeness (QED) is 0.225. The van der Waals surface area contributed by atoms with Gasteiger partial charge in [0.15, 0.2) is 10.3 Å². The first kappa shape index (κ1) is 25.1. The number of benzene rings is 1. The lowest BCUT2D eigenvalue weighted by Crippen LogP contribution is -2.25. The SMILES string of the molecule is CC.CC1=C2C[C@@]2(CS/C(N)=N/C(=S)Nc2ccc(OCCN3CCCC3)cc2)CCC1. The van der Waals surface area contributed by atoms with Crippen molar-refractivity contribution in [3.05, 3.63) is 35.4 Å². The highest BCUT2D eigenvalue weighted by Crippen LogP contribution is 2.61. The lowest BCUT2D eigenvalue weighted by atomic mass is 9.92. The summed E-state index contributed by atoms with van der Waals surface area (Å²) < 4.78 is 5.85. The van der Waals surface area contributed by atoms with Crippen LogP contribution in [0.3, 0.4) is 0 Å². The van der Waals surface area contributed by atoms with Gasteiger partial charge in [-0.15, -0.1) is 0 Å². The Morgan fingerprint density at radius 3 is 2.66 bits per heavy atom. The van der Waals surface area contributed by atoms with Crippen LogP contribution in [0.15, 0.2) is 40.4 Å². The van der Waals surface area contributed by atoms with Gasteiger partial charge in [0.25, 0.3) is 0 Å². The van der Waals surface area contributed by atoms with Gasteiger partial charge >= 0.3 is 0 Å². The molecule has 3 aliphatic rings. The van der Waals surface area contributed by atoms with Crippen molar-refractivity contribution < 1.29 is 4.74 Å². The fourth-order valence-electron chi connectivity index (χ4n) is 4.62. The van der Waals surface area contributed by atoms with Gasteiger partial charge < -0.3 is 15.8 Å². The maximum atomic E-state index is 6.13. The summed E-state index contributed by atoms with van der Waals surface area (Å²) in [6, 6.07) is 7.84. The number of nitrogens with two attached hydrogens (primary N) is 1. The molecule has 0 amide bonds. The van der Waals surface area contributed by atoms with Gasteiger partial charge in [-0.1, -0.05) is 36.8 Å². The number of anilines is 1. The first-order chi connectivity index (χ1) is 15.5. The third-order valence-electron chi connectivity index (χ3n) is 6.44. The molecule has 0 unspecified atom stereocenters. The number of aliphatic imine (C=N–C) groups is 1. The van der Waals surface area contributed by atoms with E-state index in [0.717, 1.165) is 30.3 Å². The predicted molar refractivity (Wildman–Crippen MR) is 143 cm³/mol. The molecule has 176 valence electrons. The number of hydrogen-bond acceptors (Lipinski definition) is 4. The van der Waals surface area contributed by atoms with E-state index in [1.807, 2.05) is 38.1 Å². The van der Waals surface area contributed by atoms with Crippen LogP contribution in [0, 0.1) is 5.41 Å². The predicted octanol–water partition coefficient (Wildman–Crippen LogP) is 5.82. The number of nitrogens with one attached hydrogen (secondary N) is 1. The Morgan fingerprint density at radius 1 is 1.22 bits per heavy atom. The second kappa shape index (κ2) is 12.1. The Labute approximate surface area is 203 Å². The molecule has 0 aromatic heterocycles. The Morgan fingerprint density at radius 2 is 1.94 bits per heavy atom. The maximum absolute atomic E-state index is 6.13. The van der Waals surface area contributed by atoms with Gasteiger partial charge in [0, 0.05) is 23.4 Å². The lowest BCUT2D eigenvalue weighted by molar-refractivity contribution is 0.238. The Hall–Kier alpha value is -1.57. The van der Waals surface area contributed by atoms with E-state index >= 15 is 0 Å². The van der Waals surface area contributed by atoms with E-state index in [0.29, 0.717) is 15.7 Å². The summed E-state index contributed by atoms with van der Waals surface area (Å²) in [6.45, 7) is 10.4. The number of thioether (sulfide) groups is 1. The van der Waals surface area contributed by atoms with Crippen LogP contribution < -0.4 is 15.8 Å². The minimum atomic E-state index is 0.395. The second-order valence-electron chi connectivity index (χ2n) is 8.66. The molecule has 2 aliphatic carbocycles. The van der Waals surface area contributed by atoms with E-state index in [1.54, 1.807) is 22.9 Å². The number of hydrogen-bond donors (Lipinski definition) is 2. The van der Waals surface area contributed by atoms with Gasteiger partial charge in [-0.05, 0) is 95.0 Å². The van der Waals surface area contributed by atoms with Crippen LogP contribution >= 0.6 is 24.0 Å². The number of ether oxygens (including phenoxy) is 1. The summed E-state index contributed by atoms with van der Waals surface area (Å²) in [5, 5.41) is 4.08. The molecule has 3 N–H and O–H groups in total. The zero-order valence-corrected chi connectivity index (χ0v) is 21.4. The van der Waals surface area contributed by atoms with Gasteiger partial charge in [-0.2, -0.15) is 4.99 Å². The third kappa shape index (κ3) is 6.96.